The summed E-state index contributed by atoms with van der Waals surface area (Å²) in [4.78, 5) is 4.35. The van der Waals surface area contributed by atoms with Crippen LogP contribution in [0.2, 0.25) is 0 Å². The van der Waals surface area contributed by atoms with Crippen LogP contribution in [0.25, 0.3) is 0 Å². The van der Waals surface area contributed by atoms with Crippen LogP contribution >= 0.6 is 0 Å². The molecule has 7 heteroatoms. The highest BCUT2D eigenvalue weighted by atomic mass is 32.2. The first-order valence-electron chi connectivity index (χ1n) is 7.02. The maximum absolute atomic E-state index is 12.3. The number of aliphatic hydroxyl groups excluding tert-OH is 1. The van der Waals surface area contributed by atoms with Gasteiger partial charge in [-0.15, -0.1) is 0 Å². The van der Waals surface area contributed by atoms with E-state index in [1.807, 2.05) is 0 Å². The van der Waals surface area contributed by atoms with Gasteiger partial charge in [-0.3, -0.25) is 0 Å². The first-order valence-corrected chi connectivity index (χ1v) is 8.51. The quantitative estimate of drug-likeness (QED) is 0.760. The number of nitrogens with one attached hydrogen (secondary N) is 1. The molecule has 2 N–H and O–H groups in total. The summed E-state index contributed by atoms with van der Waals surface area (Å²) in [6.07, 6.45) is 2.72. The summed E-state index contributed by atoms with van der Waals surface area (Å²) < 4.78 is 31.7. The number of rotatable bonds is 1. The summed E-state index contributed by atoms with van der Waals surface area (Å²) in [7, 11) is -3.55. The maximum atomic E-state index is 12.3. The van der Waals surface area contributed by atoms with Crippen molar-refractivity contribution >= 4 is 16.0 Å². The van der Waals surface area contributed by atoms with E-state index in [1.165, 1.54) is 0 Å². The zero-order valence-corrected chi connectivity index (χ0v) is 13.3. The van der Waals surface area contributed by atoms with Crippen molar-refractivity contribution in [2.75, 3.05) is 0 Å². The van der Waals surface area contributed by atoms with Crippen LogP contribution in [-0.4, -0.2) is 42.0 Å². The minimum absolute atomic E-state index is 0.0495. The van der Waals surface area contributed by atoms with Gasteiger partial charge in [0.25, 0.3) is 6.02 Å². The Morgan fingerprint density at radius 2 is 1.95 bits per heavy atom. The van der Waals surface area contributed by atoms with Crippen LogP contribution in [0, 0.1) is 0 Å². The number of aliphatic imine (C=N–C) groups is 1. The van der Waals surface area contributed by atoms with E-state index in [0.29, 0.717) is 6.42 Å². The van der Waals surface area contributed by atoms with Gasteiger partial charge in [0, 0.05) is 0 Å². The van der Waals surface area contributed by atoms with Crippen LogP contribution in [0.3, 0.4) is 0 Å². The van der Waals surface area contributed by atoms with E-state index < -0.39 is 20.4 Å². The Labute approximate surface area is 120 Å². The molecular formula is C13H24N2O4S. The highest BCUT2D eigenvalue weighted by Gasteiger charge is 2.54. The molecule has 0 aromatic rings. The predicted molar refractivity (Wildman–Crippen MR) is 77.0 cm³/mol. The molecule has 0 unspecified atom stereocenters. The lowest BCUT2D eigenvalue weighted by molar-refractivity contribution is 0.0454. The summed E-state index contributed by atoms with van der Waals surface area (Å²) in [6.45, 7) is 6.76. The largest absolute Gasteiger partial charge is 0.457 e. The fourth-order valence-corrected chi connectivity index (χ4v) is 3.69. The second-order valence-electron chi connectivity index (χ2n) is 6.64. The number of aliphatic hydroxyl groups is 1. The Balaban J connectivity index is 2.23. The van der Waals surface area contributed by atoms with E-state index in [0.717, 1.165) is 19.3 Å². The van der Waals surface area contributed by atoms with Crippen molar-refractivity contribution in [2.45, 2.75) is 75.9 Å². The normalized spacial score (nSPS) is 37.0. The van der Waals surface area contributed by atoms with Crippen LogP contribution in [0.1, 0.15) is 53.4 Å². The Morgan fingerprint density at radius 3 is 2.50 bits per heavy atom. The molecular weight excluding hydrogens is 280 g/mol. The van der Waals surface area contributed by atoms with E-state index in [-0.39, 0.29) is 18.2 Å². The molecule has 2 rings (SSSR count). The fraction of sp³-hybridized carbons (Fsp3) is 0.923. The molecule has 0 spiro atoms. The highest BCUT2D eigenvalue weighted by molar-refractivity contribution is 7.91. The van der Waals surface area contributed by atoms with Crippen molar-refractivity contribution < 1.29 is 18.3 Å². The average molecular weight is 304 g/mol. The molecule has 0 aromatic heterocycles. The van der Waals surface area contributed by atoms with Gasteiger partial charge < -0.3 is 9.84 Å². The molecule has 1 heterocycles. The standard InChI is InChI=1S/C13H24N2O4S/c1-12(2)13(3,4)20(17,18)15-11(19-12)14-9-6-5-7-10(16)8-9/h9-10,16H,5-8H2,1-4H3,(H,14,15)/t9-,10-/m0/s1. The smallest absolute Gasteiger partial charge is 0.299 e. The monoisotopic (exact) mass is 304 g/mol. The van der Waals surface area contributed by atoms with Crippen LogP contribution in [0.15, 0.2) is 4.99 Å². The van der Waals surface area contributed by atoms with Gasteiger partial charge in [0.2, 0.25) is 10.0 Å². The molecule has 0 radical (unpaired) electrons. The van der Waals surface area contributed by atoms with E-state index in [4.69, 9.17) is 4.74 Å². The van der Waals surface area contributed by atoms with Gasteiger partial charge in [-0.1, -0.05) is 0 Å². The van der Waals surface area contributed by atoms with E-state index >= 15 is 0 Å². The first kappa shape index (κ1) is 15.6. The summed E-state index contributed by atoms with van der Waals surface area (Å²) >= 11 is 0. The third-order valence-corrected chi connectivity index (χ3v) is 6.89. The Morgan fingerprint density at radius 1 is 1.30 bits per heavy atom. The predicted octanol–water partition coefficient (Wildman–Crippen LogP) is 1.15. The third kappa shape index (κ3) is 2.65. The lowest BCUT2D eigenvalue weighted by Crippen LogP contribution is -2.64. The second-order valence-corrected chi connectivity index (χ2v) is 8.87. The zero-order valence-electron chi connectivity index (χ0n) is 12.5. The van der Waals surface area contributed by atoms with E-state index in [9.17, 15) is 13.5 Å². The minimum Gasteiger partial charge on any atom is -0.457 e. The topological polar surface area (TPSA) is 88.0 Å². The molecule has 0 bridgehead atoms. The molecule has 1 aliphatic carbocycles. The van der Waals surface area contributed by atoms with Crippen molar-refractivity contribution in [1.29, 1.82) is 0 Å². The molecule has 0 amide bonds. The number of sulfonamides is 1. The molecule has 20 heavy (non-hydrogen) atoms. The van der Waals surface area contributed by atoms with Gasteiger partial charge in [-0.2, -0.15) is 0 Å². The van der Waals surface area contributed by atoms with Crippen LogP contribution < -0.4 is 4.72 Å². The molecule has 2 aliphatic rings. The van der Waals surface area contributed by atoms with Crippen LogP contribution in [0.5, 0.6) is 0 Å². The molecule has 1 saturated heterocycles. The van der Waals surface area contributed by atoms with Gasteiger partial charge in [-0.05, 0) is 53.4 Å². The van der Waals surface area contributed by atoms with E-state index in [1.54, 1.807) is 27.7 Å². The zero-order chi connectivity index (χ0) is 15.2. The van der Waals surface area contributed by atoms with Gasteiger partial charge in [-0.25, -0.2) is 18.1 Å². The number of hydrogen-bond donors (Lipinski definition) is 2. The fourth-order valence-electron chi connectivity index (χ4n) is 2.43. The number of nitrogens with zero attached hydrogens (tertiary/aromatic N) is 1. The Hall–Kier alpha value is -0.820. The summed E-state index contributed by atoms with van der Waals surface area (Å²) in [5, 5.41) is 9.65. The van der Waals surface area contributed by atoms with Crippen LogP contribution in [-0.2, 0) is 14.8 Å². The second kappa shape index (κ2) is 4.87. The lowest BCUT2D eigenvalue weighted by atomic mass is 9.93. The van der Waals surface area contributed by atoms with Crippen molar-refractivity contribution in [3.8, 4) is 0 Å². The summed E-state index contributed by atoms with van der Waals surface area (Å²) in [5.74, 6) is 0. The molecule has 2 fully saturated rings. The van der Waals surface area contributed by atoms with Gasteiger partial charge in [0.05, 0.1) is 12.1 Å². The first-order chi connectivity index (χ1) is 9.05. The molecule has 116 valence electrons. The molecule has 6 nitrogen and oxygen atoms in total. The summed E-state index contributed by atoms with van der Waals surface area (Å²) in [5.41, 5.74) is -0.872. The van der Waals surface area contributed by atoms with Crippen molar-refractivity contribution in [1.82, 2.24) is 4.72 Å². The lowest BCUT2D eigenvalue weighted by Gasteiger charge is -2.44. The van der Waals surface area contributed by atoms with Gasteiger partial charge in [0.1, 0.15) is 10.3 Å². The third-order valence-electron chi connectivity index (χ3n) is 4.61. The van der Waals surface area contributed by atoms with Gasteiger partial charge in [0.15, 0.2) is 0 Å². The molecule has 1 saturated carbocycles. The Kier molecular flexibility index (Phi) is 3.79. The van der Waals surface area contributed by atoms with Gasteiger partial charge >= 0.3 is 0 Å². The molecule has 2 atom stereocenters. The number of ether oxygens (including phenoxy) is 1. The molecule has 1 aliphatic heterocycles. The number of amidine groups is 1. The molecule has 0 aromatic carbocycles. The Bertz CT molecular complexity index is 510. The average Bonchev–Trinajstić information content (AvgIpc) is 2.25. The van der Waals surface area contributed by atoms with Crippen molar-refractivity contribution in [3.05, 3.63) is 0 Å². The highest BCUT2D eigenvalue weighted by Crippen LogP contribution is 2.36. The minimum atomic E-state index is -3.55. The SMILES string of the molecule is CC1(C)OC(=N[C@H]2CCC[C@H](O)C2)NS(=O)(=O)C1(C)C. The van der Waals surface area contributed by atoms with Crippen LogP contribution in [0.4, 0.5) is 0 Å². The van der Waals surface area contributed by atoms with Crippen molar-refractivity contribution in [2.24, 2.45) is 4.99 Å². The maximum Gasteiger partial charge on any atom is 0.299 e. The van der Waals surface area contributed by atoms with Crippen molar-refractivity contribution in [3.63, 3.8) is 0 Å². The number of hydrogen-bond acceptors (Lipinski definition) is 5. The summed E-state index contributed by atoms with van der Waals surface area (Å²) in [6, 6.07) is -0.0399. The van der Waals surface area contributed by atoms with E-state index in [2.05, 4.69) is 9.71 Å².